The van der Waals surface area contributed by atoms with E-state index in [2.05, 4.69) is 29.3 Å². The SMILES string of the molecule is Clc1ncccc1[C@H]1CCC[C@@H](/C=C/c2ccccc2)O1. The lowest BCUT2D eigenvalue weighted by Crippen LogP contribution is -2.20. The van der Waals surface area contributed by atoms with Crippen LogP contribution in [0.25, 0.3) is 6.08 Å². The van der Waals surface area contributed by atoms with Crippen molar-refractivity contribution in [3.63, 3.8) is 0 Å². The summed E-state index contributed by atoms with van der Waals surface area (Å²) < 4.78 is 6.16. The molecule has 1 aliphatic rings. The average molecular weight is 300 g/mol. The Balaban J connectivity index is 1.69. The van der Waals surface area contributed by atoms with Gasteiger partial charge in [-0.15, -0.1) is 0 Å². The molecule has 2 nitrogen and oxygen atoms in total. The molecule has 108 valence electrons. The third-order valence-corrected chi connectivity index (χ3v) is 4.05. The number of hydrogen-bond donors (Lipinski definition) is 0. The van der Waals surface area contributed by atoms with Gasteiger partial charge in [-0.2, -0.15) is 0 Å². The molecule has 1 aromatic heterocycles. The van der Waals surface area contributed by atoms with Crippen LogP contribution in [0.3, 0.4) is 0 Å². The summed E-state index contributed by atoms with van der Waals surface area (Å²) >= 11 is 6.17. The molecule has 0 saturated carbocycles. The van der Waals surface area contributed by atoms with Gasteiger partial charge in [0.25, 0.3) is 0 Å². The zero-order chi connectivity index (χ0) is 14.5. The number of pyridine rings is 1. The van der Waals surface area contributed by atoms with E-state index in [1.807, 2.05) is 30.3 Å². The first-order valence-corrected chi connectivity index (χ1v) is 7.70. The summed E-state index contributed by atoms with van der Waals surface area (Å²) in [5.74, 6) is 0. The van der Waals surface area contributed by atoms with E-state index in [1.54, 1.807) is 6.20 Å². The van der Waals surface area contributed by atoms with Gasteiger partial charge in [-0.1, -0.05) is 60.2 Å². The van der Waals surface area contributed by atoms with E-state index in [1.165, 1.54) is 5.56 Å². The molecule has 0 radical (unpaired) electrons. The number of aromatic nitrogens is 1. The lowest BCUT2D eigenvalue weighted by atomic mass is 9.99. The highest BCUT2D eigenvalue weighted by molar-refractivity contribution is 6.30. The topological polar surface area (TPSA) is 22.1 Å². The summed E-state index contributed by atoms with van der Waals surface area (Å²) in [4.78, 5) is 4.14. The van der Waals surface area contributed by atoms with Gasteiger partial charge >= 0.3 is 0 Å². The number of nitrogens with zero attached hydrogens (tertiary/aromatic N) is 1. The molecule has 0 bridgehead atoms. The van der Waals surface area contributed by atoms with Crippen LogP contribution in [0.2, 0.25) is 5.15 Å². The van der Waals surface area contributed by atoms with Crippen LogP contribution in [-0.4, -0.2) is 11.1 Å². The molecular formula is C18H18ClNO. The van der Waals surface area contributed by atoms with E-state index in [4.69, 9.17) is 16.3 Å². The van der Waals surface area contributed by atoms with Gasteiger partial charge in [0, 0.05) is 11.8 Å². The molecule has 21 heavy (non-hydrogen) atoms. The zero-order valence-corrected chi connectivity index (χ0v) is 12.5. The molecule has 0 spiro atoms. The zero-order valence-electron chi connectivity index (χ0n) is 11.8. The second-order valence-electron chi connectivity index (χ2n) is 5.25. The van der Waals surface area contributed by atoms with Crippen LogP contribution >= 0.6 is 11.6 Å². The van der Waals surface area contributed by atoms with Crippen molar-refractivity contribution in [1.29, 1.82) is 0 Å². The third-order valence-electron chi connectivity index (χ3n) is 3.73. The minimum atomic E-state index is 0.0466. The van der Waals surface area contributed by atoms with Crippen LogP contribution in [0.1, 0.15) is 36.5 Å². The molecular weight excluding hydrogens is 282 g/mol. The molecule has 1 saturated heterocycles. The fourth-order valence-corrected chi connectivity index (χ4v) is 2.88. The summed E-state index contributed by atoms with van der Waals surface area (Å²) in [6.45, 7) is 0. The number of rotatable bonds is 3. The smallest absolute Gasteiger partial charge is 0.134 e. The number of ether oxygens (including phenoxy) is 1. The van der Waals surface area contributed by atoms with Crippen LogP contribution in [-0.2, 0) is 4.74 Å². The average Bonchev–Trinajstić information content (AvgIpc) is 2.55. The van der Waals surface area contributed by atoms with E-state index in [0.717, 1.165) is 24.8 Å². The Kier molecular flexibility index (Phi) is 4.69. The molecule has 1 aliphatic heterocycles. The highest BCUT2D eigenvalue weighted by atomic mass is 35.5. The lowest BCUT2D eigenvalue weighted by Gasteiger charge is -2.29. The number of benzene rings is 1. The van der Waals surface area contributed by atoms with Crippen molar-refractivity contribution in [3.8, 4) is 0 Å². The van der Waals surface area contributed by atoms with E-state index < -0.39 is 0 Å². The first-order chi connectivity index (χ1) is 10.3. The van der Waals surface area contributed by atoms with Gasteiger partial charge < -0.3 is 4.74 Å². The van der Waals surface area contributed by atoms with Crippen LogP contribution in [0.4, 0.5) is 0 Å². The van der Waals surface area contributed by atoms with Crippen molar-refractivity contribution in [1.82, 2.24) is 4.98 Å². The van der Waals surface area contributed by atoms with Crippen molar-refractivity contribution in [2.24, 2.45) is 0 Å². The van der Waals surface area contributed by atoms with E-state index in [9.17, 15) is 0 Å². The highest BCUT2D eigenvalue weighted by Crippen LogP contribution is 2.34. The molecule has 0 amide bonds. The predicted molar refractivity (Wildman–Crippen MR) is 86.2 cm³/mol. The molecule has 1 fully saturated rings. The predicted octanol–water partition coefficient (Wildman–Crippen LogP) is 5.06. The van der Waals surface area contributed by atoms with Crippen molar-refractivity contribution < 1.29 is 4.74 Å². The molecule has 0 N–H and O–H groups in total. The largest absolute Gasteiger partial charge is 0.366 e. The first-order valence-electron chi connectivity index (χ1n) is 7.32. The van der Waals surface area contributed by atoms with Gasteiger partial charge in [0.1, 0.15) is 5.15 Å². The van der Waals surface area contributed by atoms with Crippen molar-refractivity contribution >= 4 is 17.7 Å². The molecule has 3 rings (SSSR count). The minimum absolute atomic E-state index is 0.0466. The summed E-state index contributed by atoms with van der Waals surface area (Å²) in [5.41, 5.74) is 2.19. The quantitative estimate of drug-likeness (QED) is 0.739. The molecule has 2 atom stereocenters. The molecule has 1 aromatic carbocycles. The normalized spacial score (nSPS) is 22.5. The Morgan fingerprint density at radius 1 is 1.10 bits per heavy atom. The molecule has 0 aliphatic carbocycles. The van der Waals surface area contributed by atoms with E-state index in [0.29, 0.717) is 5.15 Å². The van der Waals surface area contributed by atoms with Crippen LogP contribution in [0.5, 0.6) is 0 Å². The van der Waals surface area contributed by atoms with Gasteiger partial charge in [-0.05, 0) is 30.9 Å². The lowest BCUT2D eigenvalue weighted by molar-refractivity contribution is -0.0264. The maximum absolute atomic E-state index is 6.17. The maximum atomic E-state index is 6.17. The van der Waals surface area contributed by atoms with Gasteiger partial charge in [0.15, 0.2) is 0 Å². The van der Waals surface area contributed by atoms with Gasteiger partial charge in [0.05, 0.1) is 12.2 Å². The molecule has 2 heterocycles. The fraction of sp³-hybridized carbons (Fsp3) is 0.278. The first kappa shape index (κ1) is 14.3. The fourth-order valence-electron chi connectivity index (χ4n) is 2.64. The maximum Gasteiger partial charge on any atom is 0.134 e. The Bertz CT molecular complexity index is 612. The monoisotopic (exact) mass is 299 g/mol. The number of halogens is 1. The van der Waals surface area contributed by atoms with Crippen molar-refractivity contribution in [2.45, 2.75) is 31.5 Å². The molecule has 2 aromatic rings. The van der Waals surface area contributed by atoms with Crippen molar-refractivity contribution in [2.75, 3.05) is 0 Å². The minimum Gasteiger partial charge on any atom is -0.366 e. The Morgan fingerprint density at radius 2 is 1.95 bits per heavy atom. The summed E-state index contributed by atoms with van der Waals surface area (Å²) in [5, 5.41) is 0.551. The van der Waals surface area contributed by atoms with E-state index in [-0.39, 0.29) is 12.2 Å². The molecule has 0 unspecified atom stereocenters. The second-order valence-corrected chi connectivity index (χ2v) is 5.61. The van der Waals surface area contributed by atoms with Crippen LogP contribution in [0, 0.1) is 0 Å². The van der Waals surface area contributed by atoms with Crippen LogP contribution in [0.15, 0.2) is 54.7 Å². The van der Waals surface area contributed by atoms with Gasteiger partial charge in [0.2, 0.25) is 0 Å². The van der Waals surface area contributed by atoms with Gasteiger partial charge in [-0.3, -0.25) is 0 Å². The van der Waals surface area contributed by atoms with Crippen molar-refractivity contribution in [3.05, 3.63) is 71.0 Å². The van der Waals surface area contributed by atoms with Gasteiger partial charge in [-0.25, -0.2) is 4.98 Å². The highest BCUT2D eigenvalue weighted by Gasteiger charge is 2.23. The second kappa shape index (κ2) is 6.88. The molecule has 3 heteroatoms. The third kappa shape index (κ3) is 3.72. The summed E-state index contributed by atoms with van der Waals surface area (Å²) in [7, 11) is 0. The van der Waals surface area contributed by atoms with Crippen LogP contribution < -0.4 is 0 Å². The Labute approximate surface area is 130 Å². The Hall–Kier alpha value is -1.64. The Morgan fingerprint density at radius 3 is 2.76 bits per heavy atom. The standard InChI is InChI=1S/C18H18ClNO/c19-18-16(9-5-13-20-18)17-10-4-8-15(21-17)12-11-14-6-2-1-3-7-14/h1-3,5-7,9,11-13,15,17H,4,8,10H2/b12-11+/t15-,17+/m0/s1. The van der Waals surface area contributed by atoms with E-state index >= 15 is 0 Å². The summed E-state index contributed by atoms with van der Waals surface area (Å²) in [6, 6.07) is 14.2. The number of hydrogen-bond acceptors (Lipinski definition) is 2. The summed E-state index contributed by atoms with van der Waals surface area (Å²) in [6.07, 6.45) is 9.36.